The third-order valence-electron chi connectivity index (χ3n) is 6.51. The Bertz CT molecular complexity index is 880. The van der Waals surface area contributed by atoms with E-state index in [1.54, 1.807) is 11.9 Å². The quantitative estimate of drug-likeness (QED) is 0.350. The van der Waals surface area contributed by atoms with Crippen LogP contribution < -0.4 is 0 Å². The van der Waals surface area contributed by atoms with Crippen molar-refractivity contribution in [1.82, 2.24) is 4.90 Å². The molecule has 1 unspecified atom stereocenters. The second kappa shape index (κ2) is 11.7. The van der Waals surface area contributed by atoms with Gasteiger partial charge < -0.3 is 10.0 Å². The van der Waals surface area contributed by atoms with Crippen LogP contribution in [-0.4, -0.2) is 54.1 Å². The molecule has 1 amide bonds. The molecule has 1 aliphatic carbocycles. The zero-order valence-corrected chi connectivity index (χ0v) is 19.3. The molecule has 1 heterocycles. The standard InChI is InChI=1S/C26H35N3O3/c1-3-4-19-5-7-21(8-6-19)15-16-28-25(27-2)22-12-9-20(10-13-22)11-14-24(30)29-17-23(18-29)26(31)32/h7,9-10,12-13,16,19,23H,3-6,8,11,14-15,17-18H2,1-2H3,(H,31,32)/b27-25-,28-16-. The van der Waals surface area contributed by atoms with E-state index in [1.807, 2.05) is 30.5 Å². The lowest BCUT2D eigenvalue weighted by Gasteiger charge is -2.36. The van der Waals surface area contributed by atoms with Crippen LogP contribution in [0.5, 0.6) is 0 Å². The molecular weight excluding hydrogens is 402 g/mol. The Morgan fingerprint density at radius 2 is 1.97 bits per heavy atom. The third kappa shape index (κ3) is 6.62. The molecule has 0 aromatic heterocycles. The molecule has 0 radical (unpaired) electrons. The van der Waals surface area contributed by atoms with E-state index < -0.39 is 11.9 Å². The number of benzene rings is 1. The van der Waals surface area contributed by atoms with E-state index in [0.717, 1.165) is 23.5 Å². The van der Waals surface area contributed by atoms with Gasteiger partial charge in [-0.1, -0.05) is 55.7 Å². The summed E-state index contributed by atoms with van der Waals surface area (Å²) in [6.07, 6.45) is 12.6. The number of amides is 1. The highest BCUT2D eigenvalue weighted by Gasteiger charge is 2.35. The first kappa shape index (κ1) is 23.9. The van der Waals surface area contributed by atoms with Gasteiger partial charge in [0.1, 0.15) is 0 Å². The molecule has 6 heteroatoms. The molecule has 2 aliphatic rings. The number of nitrogens with zero attached hydrogens (tertiary/aromatic N) is 3. The van der Waals surface area contributed by atoms with Crippen LogP contribution in [0.15, 0.2) is 45.9 Å². The lowest BCUT2D eigenvalue weighted by molar-refractivity contribution is -0.152. The first-order valence-corrected chi connectivity index (χ1v) is 11.8. The van der Waals surface area contributed by atoms with E-state index in [-0.39, 0.29) is 5.91 Å². The molecule has 0 bridgehead atoms. The molecule has 1 fully saturated rings. The summed E-state index contributed by atoms with van der Waals surface area (Å²) in [4.78, 5) is 33.6. The van der Waals surface area contributed by atoms with E-state index in [1.165, 1.54) is 37.7 Å². The minimum atomic E-state index is -0.822. The van der Waals surface area contributed by atoms with Gasteiger partial charge in [-0.05, 0) is 37.2 Å². The lowest BCUT2D eigenvalue weighted by Crippen LogP contribution is -2.53. The number of likely N-dealkylation sites (tertiary alicyclic amines) is 1. The maximum atomic E-state index is 12.2. The van der Waals surface area contributed by atoms with E-state index in [4.69, 9.17) is 5.11 Å². The molecule has 1 aliphatic heterocycles. The van der Waals surface area contributed by atoms with Crippen LogP contribution in [0.3, 0.4) is 0 Å². The summed E-state index contributed by atoms with van der Waals surface area (Å²) in [6, 6.07) is 8.02. The highest BCUT2D eigenvalue weighted by molar-refractivity contribution is 6.03. The van der Waals surface area contributed by atoms with Crippen LogP contribution in [0.4, 0.5) is 0 Å². The average molecular weight is 438 g/mol. The van der Waals surface area contributed by atoms with Crippen molar-refractivity contribution in [3.63, 3.8) is 0 Å². The Hall–Kier alpha value is -2.76. The van der Waals surface area contributed by atoms with Gasteiger partial charge in [0.15, 0.2) is 5.84 Å². The summed E-state index contributed by atoms with van der Waals surface area (Å²) >= 11 is 0. The fourth-order valence-corrected chi connectivity index (χ4v) is 4.38. The summed E-state index contributed by atoms with van der Waals surface area (Å²) < 4.78 is 0. The normalized spacial score (nSPS) is 19.7. The zero-order valence-electron chi connectivity index (χ0n) is 19.3. The van der Waals surface area contributed by atoms with Gasteiger partial charge in [0, 0.05) is 44.8 Å². The fraction of sp³-hybridized carbons (Fsp3) is 0.538. The Kier molecular flexibility index (Phi) is 8.77. The first-order chi connectivity index (χ1) is 15.5. The smallest absolute Gasteiger partial charge is 0.310 e. The second-order valence-electron chi connectivity index (χ2n) is 8.89. The molecule has 172 valence electrons. The number of aliphatic imine (C=N–C) groups is 2. The number of allylic oxidation sites excluding steroid dienone is 2. The monoisotopic (exact) mass is 437 g/mol. The number of carbonyl (C=O) groups excluding carboxylic acids is 1. The SMILES string of the molecule is CCCC1CC=C(C/C=N\C(=N/C)c2ccc(CCC(=O)N3CC(C(=O)O)C3)cc2)CC1. The Morgan fingerprint density at radius 3 is 2.56 bits per heavy atom. The molecule has 0 spiro atoms. The molecule has 1 N–H and O–H groups in total. The summed E-state index contributed by atoms with van der Waals surface area (Å²) in [5.41, 5.74) is 3.52. The summed E-state index contributed by atoms with van der Waals surface area (Å²) in [6.45, 7) is 2.92. The number of carbonyl (C=O) groups is 2. The van der Waals surface area contributed by atoms with Crippen LogP contribution >= 0.6 is 0 Å². The third-order valence-corrected chi connectivity index (χ3v) is 6.51. The van der Waals surface area contributed by atoms with Gasteiger partial charge in [0.25, 0.3) is 0 Å². The largest absolute Gasteiger partial charge is 0.481 e. The fourth-order valence-electron chi connectivity index (χ4n) is 4.38. The number of hydrogen-bond acceptors (Lipinski definition) is 3. The van der Waals surface area contributed by atoms with Crippen molar-refractivity contribution in [1.29, 1.82) is 0 Å². The lowest BCUT2D eigenvalue weighted by atomic mass is 9.86. The van der Waals surface area contributed by atoms with Crippen LogP contribution in [-0.2, 0) is 16.0 Å². The number of carboxylic acids is 1. The summed E-state index contributed by atoms with van der Waals surface area (Å²) in [7, 11) is 1.76. The number of aryl methyl sites for hydroxylation is 1. The topological polar surface area (TPSA) is 82.3 Å². The molecule has 3 rings (SSSR count). The minimum absolute atomic E-state index is 0.0185. The van der Waals surface area contributed by atoms with Gasteiger partial charge in [0.05, 0.1) is 5.92 Å². The van der Waals surface area contributed by atoms with Gasteiger partial charge in [-0.2, -0.15) is 0 Å². The summed E-state index contributed by atoms with van der Waals surface area (Å²) in [5, 5.41) is 8.92. The number of hydrogen-bond donors (Lipinski definition) is 1. The van der Waals surface area contributed by atoms with Gasteiger partial charge in [0.2, 0.25) is 5.91 Å². The molecule has 1 aromatic carbocycles. The Labute approximate surface area is 191 Å². The Balaban J connectivity index is 1.45. The van der Waals surface area contributed by atoms with E-state index in [0.29, 0.717) is 31.8 Å². The maximum absolute atomic E-state index is 12.2. The second-order valence-corrected chi connectivity index (χ2v) is 8.89. The first-order valence-electron chi connectivity index (χ1n) is 11.8. The van der Waals surface area contributed by atoms with E-state index >= 15 is 0 Å². The van der Waals surface area contributed by atoms with Crippen LogP contribution in [0.1, 0.15) is 63.0 Å². The van der Waals surface area contributed by atoms with Crippen molar-refractivity contribution in [3.05, 3.63) is 47.0 Å². The number of amidine groups is 1. The average Bonchev–Trinajstić information content (AvgIpc) is 2.76. The predicted octanol–water partition coefficient (Wildman–Crippen LogP) is 4.53. The van der Waals surface area contributed by atoms with Crippen LogP contribution in [0.2, 0.25) is 0 Å². The summed E-state index contributed by atoms with van der Waals surface area (Å²) in [5.74, 6) is 0.364. The van der Waals surface area contributed by atoms with Crippen molar-refractivity contribution >= 4 is 23.9 Å². The van der Waals surface area contributed by atoms with Crippen LogP contribution in [0.25, 0.3) is 0 Å². The molecule has 0 saturated carbocycles. The zero-order chi connectivity index (χ0) is 22.9. The number of carboxylic acid groups (broad SMARTS) is 1. The van der Waals surface area contributed by atoms with Gasteiger partial charge in [-0.25, -0.2) is 4.99 Å². The van der Waals surface area contributed by atoms with Crippen molar-refractivity contribution < 1.29 is 14.7 Å². The maximum Gasteiger partial charge on any atom is 0.310 e. The van der Waals surface area contributed by atoms with Gasteiger partial charge in [-0.15, -0.1) is 0 Å². The highest BCUT2D eigenvalue weighted by Crippen LogP contribution is 2.28. The Morgan fingerprint density at radius 1 is 1.22 bits per heavy atom. The van der Waals surface area contributed by atoms with E-state index in [2.05, 4.69) is 23.0 Å². The number of aliphatic carboxylic acids is 1. The van der Waals surface area contributed by atoms with Crippen molar-refractivity contribution in [2.45, 2.75) is 58.3 Å². The van der Waals surface area contributed by atoms with E-state index in [9.17, 15) is 9.59 Å². The molecular formula is C26H35N3O3. The molecule has 1 atom stereocenters. The van der Waals surface area contributed by atoms with Gasteiger partial charge in [-0.3, -0.25) is 14.6 Å². The molecule has 32 heavy (non-hydrogen) atoms. The van der Waals surface area contributed by atoms with Crippen molar-refractivity contribution in [2.24, 2.45) is 21.8 Å². The van der Waals surface area contributed by atoms with Gasteiger partial charge >= 0.3 is 5.97 Å². The molecule has 6 nitrogen and oxygen atoms in total. The van der Waals surface area contributed by atoms with Crippen molar-refractivity contribution in [2.75, 3.05) is 20.1 Å². The highest BCUT2D eigenvalue weighted by atomic mass is 16.4. The van der Waals surface area contributed by atoms with Crippen molar-refractivity contribution in [3.8, 4) is 0 Å². The minimum Gasteiger partial charge on any atom is -0.481 e. The van der Waals surface area contributed by atoms with Crippen LogP contribution in [0, 0.1) is 11.8 Å². The number of rotatable bonds is 9. The molecule has 1 aromatic rings. The predicted molar refractivity (Wildman–Crippen MR) is 128 cm³/mol. The molecule has 1 saturated heterocycles.